The van der Waals surface area contributed by atoms with Crippen LogP contribution in [-0.4, -0.2) is 13.3 Å². The average molecular weight is 347 g/mol. The van der Waals surface area contributed by atoms with E-state index in [2.05, 4.69) is 20.7 Å². The molecule has 0 aliphatic heterocycles. The fourth-order valence-electron chi connectivity index (χ4n) is 0.966. The third kappa shape index (κ3) is 6.48. The van der Waals surface area contributed by atoms with E-state index in [1.54, 1.807) is 0 Å². The van der Waals surface area contributed by atoms with E-state index in [4.69, 9.17) is 0 Å². The monoisotopic (exact) mass is 346 g/mol. The van der Waals surface area contributed by atoms with Gasteiger partial charge in [0.05, 0.1) is 0 Å². The van der Waals surface area contributed by atoms with E-state index < -0.39 is 24.6 Å². The Labute approximate surface area is 143 Å². The molecule has 1 aromatic rings. The zero-order valence-electron chi connectivity index (χ0n) is 8.36. The summed E-state index contributed by atoms with van der Waals surface area (Å²) in [7, 11) is 0. The number of halogens is 7. The second-order valence-electron chi connectivity index (χ2n) is 2.84. The minimum atomic E-state index is -5.37. The summed E-state index contributed by atoms with van der Waals surface area (Å²) in [4.78, 5) is 0. The Bertz CT molecular complexity index is 393. The molecule has 0 bridgehead atoms. The maximum absolute atomic E-state index is 12.3. The van der Waals surface area contributed by atoms with Crippen LogP contribution in [0.25, 0.3) is 0 Å². The van der Waals surface area contributed by atoms with Crippen LogP contribution >= 0.6 is 15.9 Å². The van der Waals surface area contributed by atoms with Gasteiger partial charge in [-0.15, -0.1) is 18.6 Å². The van der Waals surface area contributed by atoms with Crippen molar-refractivity contribution in [1.82, 2.24) is 0 Å². The van der Waals surface area contributed by atoms with Gasteiger partial charge in [-0.2, -0.15) is 0 Å². The van der Waals surface area contributed by atoms with Crippen LogP contribution in [0, 0.1) is 0 Å². The summed E-state index contributed by atoms with van der Waals surface area (Å²) in [6.45, 7) is -5.37. The van der Waals surface area contributed by atoms with Gasteiger partial charge in [0.2, 0.25) is 0 Å². The molecule has 10 heteroatoms. The number of ether oxygens (including phenoxy) is 1. The van der Waals surface area contributed by atoms with Gasteiger partial charge in [0.1, 0.15) is 5.75 Å². The molecular weight excluding hydrogens is 344 g/mol. The number of alkyl halides is 3. The third-order valence-electron chi connectivity index (χ3n) is 1.51. The summed E-state index contributed by atoms with van der Waals surface area (Å²) in [6, 6.07) is 1.79. The van der Waals surface area contributed by atoms with Gasteiger partial charge in [-0.3, -0.25) is 0 Å². The van der Waals surface area contributed by atoms with Gasteiger partial charge in [0, 0.05) is 4.47 Å². The molecule has 0 aromatic heterocycles. The summed E-state index contributed by atoms with van der Waals surface area (Å²) in [5, 5.41) is 0. The Hall–Kier alpha value is 0.781. The number of benzene rings is 1. The molecule has 0 N–H and O–H groups in total. The van der Waals surface area contributed by atoms with Crippen LogP contribution in [0.4, 0.5) is 26.1 Å². The first-order valence-corrected chi connectivity index (χ1v) is 4.63. The molecule has 0 fully saturated rings. The first-order valence-electron chi connectivity index (χ1n) is 3.84. The zero-order valence-corrected chi connectivity index (χ0v) is 13.1. The van der Waals surface area contributed by atoms with Gasteiger partial charge in [-0.25, -0.2) is 0 Å². The van der Waals surface area contributed by atoms with Crippen LogP contribution < -0.4 is 61.6 Å². The standard InChI is InChI=1S/C7H3BBrF6O.K/c9-5-1-4(8(13,14)15)2-6(3-5)16-7(10,11)12;/h1-3H;/q-1;+1. The van der Waals surface area contributed by atoms with Crippen molar-refractivity contribution in [2.24, 2.45) is 0 Å². The zero-order chi connectivity index (χ0) is 12.6. The SMILES string of the molecule is F[B-](F)(F)c1cc(Br)cc(OC(F)(F)F)c1.[K+]. The van der Waals surface area contributed by atoms with Crippen LogP contribution in [-0.2, 0) is 0 Å². The van der Waals surface area contributed by atoms with Gasteiger partial charge in [-0.05, 0) is 12.1 Å². The van der Waals surface area contributed by atoms with E-state index in [1.807, 2.05) is 0 Å². The van der Waals surface area contributed by atoms with E-state index >= 15 is 0 Å². The molecule has 0 atom stereocenters. The van der Waals surface area contributed by atoms with Crippen LogP contribution in [0.15, 0.2) is 22.7 Å². The summed E-state index contributed by atoms with van der Waals surface area (Å²) in [5.74, 6) is -0.906. The summed E-state index contributed by atoms with van der Waals surface area (Å²) < 4.78 is 75.5. The van der Waals surface area contributed by atoms with Crippen LogP contribution in [0.5, 0.6) is 5.75 Å². The fourth-order valence-corrected chi connectivity index (χ4v) is 1.46. The first-order chi connectivity index (χ1) is 7.08. The van der Waals surface area contributed by atoms with Gasteiger partial charge in [0.15, 0.2) is 0 Å². The van der Waals surface area contributed by atoms with E-state index in [-0.39, 0.29) is 55.9 Å². The Morgan fingerprint density at radius 1 is 1.06 bits per heavy atom. The van der Waals surface area contributed by atoms with Gasteiger partial charge >= 0.3 is 64.7 Å². The largest absolute Gasteiger partial charge is 1.00 e. The maximum atomic E-state index is 12.3. The molecule has 1 aromatic carbocycles. The predicted octanol–water partition coefficient (Wildman–Crippen LogP) is 0.406. The van der Waals surface area contributed by atoms with E-state index in [9.17, 15) is 26.1 Å². The predicted molar refractivity (Wildman–Crippen MR) is 49.5 cm³/mol. The maximum Gasteiger partial charge on any atom is 1.00 e. The molecule has 0 radical (unpaired) electrons. The molecule has 0 amide bonds. The Kier molecular flexibility index (Phi) is 6.58. The quantitative estimate of drug-likeness (QED) is 0.556. The molecule has 0 unspecified atom stereocenters. The van der Waals surface area contributed by atoms with Crippen molar-refractivity contribution in [1.29, 1.82) is 0 Å². The Morgan fingerprint density at radius 3 is 2.00 bits per heavy atom. The fraction of sp³-hybridized carbons (Fsp3) is 0.143. The first kappa shape index (κ1) is 17.8. The molecule has 1 nitrogen and oxygen atoms in total. The average Bonchev–Trinajstić information content (AvgIpc) is 1.97. The minimum absolute atomic E-state index is 0. The van der Waals surface area contributed by atoms with E-state index in [0.29, 0.717) is 12.1 Å². The van der Waals surface area contributed by atoms with E-state index in [1.165, 1.54) is 0 Å². The van der Waals surface area contributed by atoms with Crippen molar-refractivity contribution in [3.05, 3.63) is 22.7 Å². The van der Waals surface area contributed by atoms with Crippen LogP contribution in [0.1, 0.15) is 0 Å². The second kappa shape index (κ2) is 6.29. The summed E-state index contributed by atoms with van der Waals surface area (Å²) in [5.41, 5.74) is -1.16. The van der Waals surface area contributed by atoms with Gasteiger partial charge in [0.25, 0.3) is 0 Å². The number of rotatable bonds is 2. The van der Waals surface area contributed by atoms with Crippen molar-refractivity contribution >= 4 is 28.4 Å². The Morgan fingerprint density at radius 2 is 1.59 bits per heavy atom. The normalized spacial score (nSPS) is 11.9. The molecule has 0 saturated heterocycles. The third-order valence-corrected chi connectivity index (χ3v) is 1.96. The second-order valence-corrected chi connectivity index (χ2v) is 3.76. The summed E-state index contributed by atoms with van der Waals surface area (Å²) in [6.07, 6.45) is -5.02. The molecular formula is C7H3BBrF6KO. The molecule has 17 heavy (non-hydrogen) atoms. The molecule has 0 saturated carbocycles. The molecule has 0 aliphatic carbocycles. The molecule has 0 spiro atoms. The van der Waals surface area contributed by atoms with E-state index in [0.717, 1.165) is 6.07 Å². The Balaban J connectivity index is 0.00000256. The van der Waals surface area contributed by atoms with Crippen molar-refractivity contribution in [2.75, 3.05) is 0 Å². The van der Waals surface area contributed by atoms with Gasteiger partial charge in [-0.1, -0.05) is 22.0 Å². The van der Waals surface area contributed by atoms with Gasteiger partial charge < -0.3 is 17.7 Å². The number of hydrogen-bond donors (Lipinski definition) is 0. The van der Waals surface area contributed by atoms with Crippen molar-refractivity contribution in [2.45, 2.75) is 6.36 Å². The number of hydrogen-bond acceptors (Lipinski definition) is 1. The topological polar surface area (TPSA) is 9.23 Å². The van der Waals surface area contributed by atoms with Crippen LogP contribution in [0.3, 0.4) is 0 Å². The smallest absolute Gasteiger partial charge is 0.445 e. The molecule has 0 aliphatic rings. The molecule has 1 rings (SSSR count). The van der Waals surface area contributed by atoms with Crippen molar-refractivity contribution in [3.8, 4) is 5.75 Å². The van der Waals surface area contributed by atoms with Crippen LogP contribution in [0.2, 0.25) is 0 Å². The van der Waals surface area contributed by atoms with Crippen molar-refractivity contribution in [3.63, 3.8) is 0 Å². The van der Waals surface area contributed by atoms with Crippen molar-refractivity contribution < 1.29 is 82.2 Å². The molecule has 0 heterocycles. The minimum Gasteiger partial charge on any atom is -0.445 e. The summed E-state index contributed by atoms with van der Waals surface area (Å²) >= 11 is 2.68. The molecule has 90 valence electrons.